The predicted molar refractivity (Wildman–Crippen MR) is 71.0 cm³/mol. The third kappa shape index (κ3) is 5.48. The maximum Gasteiger partial charge on any atom is 0.329 e. The van der Waals surface area contributed by atoms with Gasteiger partial charge in [-0.3, -0.25) is 4.21 Å². The van der Waals surface area contributed by atoms with Crippen molar-refractivity contribution in [3.8, 4) is 0 Å². The molecule has 0 aromatic carbocycles. The summed E-state index contributed by atoms with van der Waals surface area (Å²) < 4.78 is 10.8. The van der Waals surface area contributed by atoms with Crippen LogP contribution in [0.3, 0.4) is 0 Å². The highest BCUT2D eigenvalue weighted by atomic mass is 32.2. The van der Waals surface area contributed by atoms with E-state index in [0.717, 1.165) is 0 Å². The molecule has 1 atom stereocenters. The fourth-order valence-corrected chi connectivity index (χ4v) is 2.07. The summed E-state index contributed by atoms with van der Waals surface area (Å²) in [6.45, 7) is 3.82. The van der Waals surface area contributed by atoms with Crippen LogP contribution in [-0.2, 0) is 15.6 Å². The van der Waals surface area contributed by atoms with Gasteiger partial charge in [-0.2, -0.15) is 0 Å². The van der Waals surface area contributed by atoms with Crippen LogP contribution in [0.1, 0.15) is 33.1 Å². The van der Waals surface area contributed by atoms with E-state index in [1.807, 2.05) is 0 Å². The summed E-state index contributed by atoms with van der Waals surface area (Å²) in [5, 5.41) is 14.2. The second-order valence-electron chi connectivity index (χ2n) is 4.11. The molecular formula is C11H22N2O4S. The van der Waals surface area contributed by atoms with Crippen LogP contribution in [0.2, 0.25) is 0 Å². The standard InChI is InChI=1S/C11H22N2O4S/c1-4-11(5-2,9(14)15)13-10(16)12-7-6-8-18(3)17/h4-8H2,1-3H3,(H,14,15)(H2,12,13,16). The molecule has 7 heteroatoms. The normalized spacial score (nSPS) is 12.8. The molecule has 18 heavy (non-hydrogen) atoms. The number of amides is 2. The van der Waals surface area contributed by atoms with Crippen molar-refractivity contribution in [2.75, 3.05) is 18.6 Å². The smallest absolute Gasteiger partial charge is 0.329 e. The molecule has 0 aliphatic rings. The van der Waals surface area contributed by atoms with Gasteiger partial charge in [0.05, 0.1) is 0 Å². The number of carbonyl (C=O) groups excluding carboxylic acids is 1. The van der Waals surface area contributed by atoms with Gasteiger partial charge in [0.25, 0.3) is 0 Å². The molecule has 0 heterocycles. The minimum absolute atomic E-state index is 0.325. The first-order chi connectivity index (χ1) is 8.38. The molecule has 0 radical (unpaired) electrons. The van der Waals surface area contributed by atoms with E-state index >= 15 is 0 Å². The van der Waals surface area contributed by atoms with Gasteiger partial charge in [0.15, 0.2) is 0 Å². The van der Waals surface area contributed by atoms with Gasteiger partial charge in [-0.1, -0.05) is 13.8 Å². The molecule has 0 bridgehead atoms. The number of hydrogen-bond donors (Lipinski definition) is 3. The predicted octanol–water partition coefficient (Wildman–Crippen LogP) is 0.698. The second-order valence-corrected chi connectivity index (χ2v) is 5.66. The number of rotatable bonds is 8. The minimum atomic E-state index is -1.21. The first-order valence-corrected chi connectivity index (χ1v) is 7.70. The molecule has 0 aliphatic carbocycles. The van der Waals surface area contributed by atoms with E-state index in [2.05, 4.69) is 10.6 Å². The van der Waals surface area contributed by atoms with Crippen LogP contribution in [0.4, 0.5) is 4.79 Å². The number of aliphatic carboxylic acids is 1. The van der Waals surface area contributed by atoms with Crippen LogP contribution in [0.25, 0.3) is 0 Å². The maximum absolute atomic E-state index is 11.6. The molecule has 0 saturated heterocycles. The number of carboxylic acid groups (broad SMARTS) is 1. The summed E-state index contributed by atoms with van der Waals surface area (Å²) in [6.07, 6.45) is 2.86. The first kappa shape index (κ1) is 16.9. The van der Waals surface area contributed by atoms with Crippen molar-refractivity contribution in [3.05, 3.63) is 0 Å². The summed E-state index contributed by atoms with van der Waals surface area (Å²) in [5.74, 6) is -0.511. The maximum atomic E-state index is 11.6. The van der Waals surface area contributed by atoms with E-state index in [-0.39, 0.29) is 0 Å². The van der Waals surface area contributed by atoms with Crippen molar-refractivity contribution in [2.24, 2.45) is 0 Å². The highest BCUT2D eigenvalue weighted by Crippen LogP contribution is 2.14. The number of carboxylic acids is 1. The second kappa shape index (κ2) is 8.07. The fraction of sp³-hybridized carbons (Fsp3) is 0.818. The topological polar surface area (TPSA) is 95.5 Å². The Morgan fingerprint density at radius 1 is 1.28 bits per heavy atom. The van der Waals surface area contributed by atoms with Crippen LogP contribution >= 0.6 is 0 Å². The van der Waals surface area contributed by atoms with E-state index in [1.54, 1.807) is 20.1 Å². The zero-order valence-electron chi connectivity index (χ0n) is 11.1. The monoisotopic (exact) mass is 278 g/mol. The molecule has 106 valence electrons. The van der Waals surface area contributed by atoms with Crippen molar-refractivity contribution in [2.45, 2.75) is 38.6 Å². The molecule has 0 spiro atoms. The first-order valence-electron chi connectivity index (χ1n) is 5.97. The lowest BCUT2D eigenvalue weighted by atomic mass is 9.93. The Labute approximate surface area is 110 Å². The lowest BCUT2D eigenvalue weighted by Crippen LogP contribution is -2.56. The largest absolute Gasteiger partial charge is 0.480 e. The molecular weight excluding hydrogens is 256 g/mol. The molecule has 0 rings (SSSR count). The Balaban J connectivity index is 4.19. The Kier molecular flexibility index (Phi) is 7.58. The average Bonchev–Trinajstić information content (AvgIpc) is 2.31. The third-order valence-corrected chi connectivity index (χ3v) is 3.73. The zero-order valence-corrected chi connectivity index (χ0v) is 11.9. The quantitative estimate of drug-likeness (QED) is 0.569. The van der Waals surface area contributed by atoms with Gasteiger partial charge in [-0.15, -0.1) is 0 Å². The van der Waals surface area contributed by atoms with Crippen LogP contribution in [-0.4, -0.2) is 45.4 Å². The number of urea groups is 1. The highest BCUT2D eigenvalue weighted by Gasteiger charge is 2.36. The van der Waals surface area contributed by atoms with Gasteiger partial charge in [0, 0.05) is 29.4 Å². The summed E-state index contributed by atoms with van der Waals surface area (Å²) >= 11 is 0. The molecule has 0 aliphatic heterocycles. The van der Waals surface area contributed by atoms with Crippen LogP contribution in [0.5, 0.6) is 0 Å². The van der Waals surface area contributed by atoms with Gasteiger partial charge in [0.2, 0.25) is 0 Å². The van der Waals surface area contributed by atoms with Crippen molar-refractivity contribution < 1.29 is 18.9 Å². The van der Waals surface area contributed by atoms with Crippen LogP contribution in [0, 0.1) is 0 Å². The molecule has 0 saturated carbocycles. The Morgan fingerprint density at radius 2 is 1.83 bits per heavy atom. The molecule has 0 aromatic heterocycles. The molecule has 3 N–H and O–H groups in total. The van der Waals surface area contributed by atoms with Gasteiger partial charge in [-0.25, -0.2) is 9.59 Å². The average molecular weight is 278 g/mol. The van der Waals surface area contributed by atoms with E-state index in [1.165, 1.54) is 0 Å². The van der Waals surface area contributed by atoms with Gasteiger partial charge in [0.1, 0.15) is 5.54 Å². The molecule has 1 unspecified atom stereocenters. The van der Waals surface area contributed by atoms with E-state index in [9.17, 15) is 13.8 Å². The van der Waals surface area contributed by atoms with Crippen molar-refractivity contribution >= 4 is 22.8 Å². The van der Waals surface area contributed by atoms with Crippen molar-refractivity contribution in [1.82, 2.24) is 10.6 Å². The highest BCUT2D eigenvalue weighted by molar-refractivity contribution is 7.84. The van der Waals surface area contributed by atoms with E-state index in [0.29, 0.717) is 31.6 Å². The van der Waals surface area contributed by atoms with Crippen molar-refractivity contribution in [1.29, 1.82) is 0 Å². The van der Waals surface area contributed by atoms with E-state index in [4.69, 9.17) is 5.11 Å². The van der Waals surface area contributed by atoms with Gasteiger partial charge < -0.3 is 15.7 Å². The number of carbonyl (C=O) groups is 2. The molecule has 0 aromatic rings. The van der Waals surface area contributed by atoms with Crippen molar-refractivity contribution in [3.63, 3.8) is 0 Å². The SMILES string of the molecule is CCC(CC)(NC(=O)NCCCS(C)=O)C(=O)O. The Morgan fingerprint density at radius 3 is 2.22 bits per heavy atom. The van der Waals surface area contributed by atoms with Gasteiger partial charge >= 0.3 is 12.0 Å². The summed E-state index contributed by atoms with van der Waals surface area (Å²) in [5.41, 5.74) is -1.21. The van der Waals surface area contributed by atoms with E-state index < -0.39 is 28.3 Å². The number of nitrogens with one attached hydrogen (secondary N) is 2. The van der Waals surface area contributed by atoms with Crippen LogP contribution in [0.15, 0.2) is 0 Å². The lowest BCUT2D eigenvalue weighted by Gasteiger charge is -2.28. The Bertz CT molecular complexity index is 316. The zero-order chi connectivity index (χ0) is 14.2. The summed E-state index contributed by atoms with van der Waals surface area (Å²) in [7, 11) is -0.876. The molecule has 6 nitrogen and oxygen atoms in total. The third-order valence-electron chi connectivity index (χ3n) is 2.86. The number of hydrogen-bond acceptors (Lipinski definition) is 3. The van der Waals surface area contributed by atoms with Crippen LogP contribution < -0.4 is 10.6 Å². The lowest BCUT2D eigenvalue weighted by molar-refractivity contribution is -0.144. The fourth-order valence-electron chi connectivity index (χ4n) is 1.52. The molecule has 2 amide bonds. The van der Waals surface area contributed by atoms with Gasteiger partial charge in [-0.05, 0) is 19.3 Å². The minimum Gasteiger partial charge on any atom is -0.480 e. The summed E-state index contributed by atoms with van der Waals surface area (Å²) in [6, 6.07) is -0.497. The summed E-state index contributed by atoms with van der Waals surface area (Å²) in [4.78, 5) is 22.7. The molecule has 0 fully saturated rings. The Hall–Kier alpha value is -1.11.